The van der Waals surface area contributed by atoms with E-state index in [1.54, 1.807) is 10.6 Å². The molecule has 0 spiro atoms. The second-order valence-corrected chi connectivity index (χ2v) is 9.30. The number of primary sulfonamides is 1. The molecule has 166 valence electrons. The van der Waals surface area contributed by atoms with E-state index in [2.05, 4.69) is 10.3 Å². The van der Waals surface area contributed by atoms with Gasteiger partial charge in [0.25, 0.3) is 0 Å². The maximum atomic E-state index is 13.2. The van der Waals surface area contributed by atoms with Gasteiger partial charge in [0.2, 0.25) is 15.9 Å². The minimum atomic E-state index is -4.68. The SMILES string of the molecule is CCn1c(SCC(=O)Nc2ccc(Cl)cc2C(F)(F)F)nc2cc(S(N)(=O)=O)ccc21. The number of carbonyl (C=O) groups excluding carboxylic acids is 1. The lowest BCUT2D eigenvalue weighted by Gasteiger charge is -2.14. The summed E-state index contributed by atoms with van der Waals surface area (Å²) in [5, 5.41) is 7.69. The van der Waals surface area contributed by atoms with E-state index in [0.29, 0.717) is 22.7 Å². The summed E-state index contributed by atoms with van der Waals surface area (Å²) < 4.78 is 64.4. The van der Waals surface area contributed by atoms with Crippen LogP contribution in [-0.2, 0) is 27.5 Å². The van der Waals surface area contributed by atoms with Crippen LogP contribution in [0.5, 0.6) is 0 Å². The smallest absolute Gasteiger partial charge is 0.325 e. The molecule has 0 radical (unpaired) electrons. The lowest BCUT2D eigenvalue weighted by Crippen LogP contribution is -2.18. The molecule has 0 saturated carbocycles. The van der Waals surface area contributed by atoms with Crippen molar-refractivity contribution in [3.8, 4) is 0 Å². The second kappa shape index (κ2) is 8.69. The normalized spacial score (nSPS) is 12.3. The van der Waals surface area contributed by atoms with Gasteiger partial charge in [-0.05, 0) is 43.3 Å². The third-order valence-corrected chi connectivity index (χ3v) is 6.35. The summed E-state index contributed by atoms with van der Waals surface area (Å²) in [6.07, 6.45) is -4.68. The van der Waals surface area contributed by atoms with E-state index in [1.807, 2.05) is 6.92 Å². The maximum absolute atomic E-state index is 13.2. The van der Waals surface area contributed by atoms with Gasteiger partial charge in [-0.1, -0.05) is 23.4 Å². The first-order valence-electron chi connectivity index (χ1n) is 8.72. The maximum Gasteiger partial charge on any atom is 0.418 e. The molecular formula is C18H16ClF3N4O3S2. The van der Waals surface area contributed by atoms with Crippen LogP contribution in [0.15, 0.2) is 46.5 Å². The van der Waals surface area contributed by atoms with Crippen molar-refractivity contribution < 1.29 is 26.4 Å². The average molecular weight is 493 g/mol. The number of aryl methyl sites for hydroxylation is 1. The lowest BCUT2D eigenvalue weighted by atomic mass is 10.1. The number of benzene rings is 2. The highest BCUT2D eigenvalue weighted by atomic mass is 35.5. The number of sulfonamides is 1. The van der Waals surface area contributed by atoms with E-state index >= 15 is 0 Å². The highest BCUT2D eigenvalue weighted by Crippen LogP contribution is 2.36. The summed E-state index contributed by atoms with van der Waals surface area (Å²) in [6.45, 7) is 2.31. The van der Waals surface area contributed by atoms with Gasteiger partial charge in [0, 0.05) is 11.6 Å². The number of halogens is 4. The number of aromatic nitrogens is 2. The predicted molar refractivity (Wildman–Crippen MR) is 113 cm³/mol. The Morgan fingerprint density at radius 1 is 1.26 bits per heavy atom. The second-order valence-electron chi connectivity index (χ2n) is 6.36. The van der Waals surface area contributed by atoms with Crippen LogP contribution in [0.2, 0.25) is 5.02 Å². The van der Waals surface area contributed by atoms with Gasteiger partial charge >= 0.3 is 6.18 Å². The number of amides is 1. The molecule has 0 bridgehead atoms. The average Bonchev–Trinajstić information content (AvgIpc) is 3.03. The first-order chi connectivity index (χ1) is 14.4. The quantitative estimate of drug-likeness (QED) is 0.504. The summed E-state index contributed by atoms with van der Waals surface area (Å²) in [4.78, 5) is 16.5. The van der Waals surface area contributed by atoms with Crippen molar-refractivity contribution in [2.45, 2.75) is 29.7 Å². The fourth-order valence-electron chi connectivity index (χ4n) is 2.86. The van der Waals surface area contributed by atoms with Crippen molar-refractivity contribution in [1.82, 2.24) is 9.55 Å². The largest absolute Gasteiger partial charge is 0.418 e. The Labute approximate surface area is 184 Å². The highest BCUT2D eigenvalue weighted by molar-refractivity contribution is 7.99. The van der Waals surface area contributed by atoms with Crippen molar-refractivity contribution >= 4 is 56.0 Å². The summed E-state index contributed by atoms with van der Waals surface area (Å²) >= 11 is 6.64. The molecule has 3 rings (SSSR count). The molecule has 0 atom stereocenters. The number of fused-ring (bicyclic) bond motifs is 1. The zero-order valence-corrected chi connectivity index (χ0v) is 18.3. The highest BCUT2D eigenvalue weighted by Gasteiger charge is 2.34. The summed E-state index contributed by atoms with van der Waals surface area (Å²) in [5.41, 5.74) is -0.442. The molecule has 3 N–H and O–H groups in total. The van der Waals surface area contributed by atoms with Crippen LogP contribution < -0.4 is 10.5 Å². The number of imidazole rings is 1. The molecule has 3 aromatic rings. The zero-order chi connectivity index (χ0) is 23.0. The topological polar surface area (TPSA) is 107 Å². The van der Waals surface area contributed by atoms with Gasteiger partial charge in [-0.3, -0.25) is 4.79 Å². The summed E-state index contributed by atoms with van der Waals surface area (Å²) in [5.74, 6) is -0.886. The van der Waals surface area contributed by atoms with E-state index in [0.717, 1.165) is 23.9 Å². The summed E-state index contributed by atoms with van der Waals surface area (Å²) in [6, 6.07) is 7.31. The Bertz CT molecular complexity index is 1260. The van der Waals surface area contributed by atoms with E-state index < -0.39 is 33.4 Å². The van der Waals surface area contributed by atoms with Crippen LogP contribution in [0.4, 0.5) is 18.9 Å². The molecular weight excluding hydrogens is 477 g/mol. The molecule has 31 heavy (non-hydrogen) atoms. The Morgan fingerprint density at radius 2 is 1.97 bits per heavy atom. The van der Waals surface area contributed by atoms with Crippen molar-refractivity contribution in [3.05, 3.63) is 47.0 Å². The van der Waals surface area contributed by atoms with E-state index in [4.69, 9.17) is 16.7 Å². The Hall–Kier alpha value is -2.28. The number of nitrogens with two attached hydrogens (primary N) is 1. The van der Waals surface area contributed by atoms with Crippen LogP contribution in [0, 0.1) is 0 Å². The molecule has 0 aliphatic heterocycles. The van der Waals surface area contributed by atoms with Gasteiger partial charge in [-0.15, -0.1) is 0 Å². The number of nitrogens with one attached hydrogen (secondary N) is 1. The number of rotatable bonds is 6. The minimum absolute atomic E-state index is 0.0996. The Kier molecular flexibility index (Phi) is 6.56. The van der Waals surface area contributed by atoms with E-state index in [1.165, 1.54) is 18.2 Å². The molecule has 0 aliphatic rings. The lowest BCUT2D eigenvalue weighted by molar-refractivity contribution is -0.137. The van der Waals surface area contributed by atoms with E-state index in [9.17, 15) is 26.4 Å². The number of alkyl halides is 3. The first-order valence-corrected chi connectivity index (χ1v) is 11.6. The third kappa shape index (κ3) is 5.32. The Morgan fingerprint density at radius 3 is 2.58 bits per heavy atom. The zero-order valence-electron chi connectivity index (χ0n) is 15.9. The molecule has 0 unspecified atom stereocenters. The molecule has 0 saturated heterocycles. The molecule has 1 heterocycles. The third-order valence-electron chi connectivity index (χ3n) is 4.22. The van der Waals surface area contributed by atoms with Gasteiger partial charge in [-0.25, -0.2) is 18.5 Å². The molecule has 1 aromatic heterocycles. The van der Waals surface area contributed by atoms with Crippen molar-refractivity contribution in [2.24, 2.45) is 5.14 Å². The number of thioether (sulfide) groups is 1. The van der Waals surface area contributed by atoms with Crippen LogP contribution >= 0.6 is 23.4 Å². The number of nitrogens with zero attached hydrogens (tertiary/aromatic N) is 2. The monoisotopic (exact) mass is 492 g/mol. The molecule has 7 nitrogen and oxygen atoms in total. The standard InChI is InChI=1S/C18H16ClF3N4O3S2/c1-2-26-15-6-4-11(31(23,28)29)8-14(15)25-17(26)30-9-16(27)24-13-5-3-10(19)7-12(13)18(20,21)22/h3-8H,2,9H2,1H3,(H,24,27)(H2,23,28,29). The molecule has 0 aliphatic carbocycles. The molecule has 1 amide bonds. The molecule has 13 heteroatoms. The minimum Gasteiger partial charge on any atom is -0.325 e. The number of carbonyl (C=O) groups is 1. The predicted octanol–water partition coefficient (Wildman–Crippen LogP) is 4.11. The fourth-order valence-corrected chi connectivity index (χ4v) is 4.44. The van der Waals surface area contributed by atoms with Crippen molar-refractivity contribution in [3.63, 3.8) is 0 Å². The van der Waals surface area contributed by atoms with Gasteiger partial charge in [0.05, 0.1) is 32.9 Å². The van der Waals surface area contributed by atoms with Crippen molar-refractivity contribution in [1.29, 1.82) is 0 Å². The van der Waals surface area contributed by atoms with Crippen LogP contribution in [0.3, 0.4) is 0 Å². The summed E-state index contributed by atoms with van der Waals surface area (Å²) in [7, 11) is -3.91. The Balaban J connectivity index is 1.81. The number of anilines is 1. The van der Waals surface area contributed by atoms with Gasteiger partial charge in [0.1, 0.15) is 0 Å². The first kappa shape index (κ1) is 23.4. The molecule has 0 fully saturated rings. The van der Waals surface area contributed by atoms with Crippen LogP contribution in [-0.4, -0.2) is 29.6 Å². The fraction of sp³-hybridized carbons (Fsp3) is 0.222. The van der Waals surface area contributed by atoms with Crippen LogP contribution in [0.1, 0.15) is 12.5 Å². The number of hydrogen-bond acceptors (Lipinski definition) is 5. The van der Waals surface area contributed by atoms with Crippen molar-refractivity contribution in [2.75, 3.05) is 11.1 Å². The van der Waals surface area contributed by atoms with Gasteiger partial charge in [-0.2, -0.15) is 13.2 Å². The van der Waals surface area contributed by atoms with E-state index in [-0.39, 0.29) is 15.7 Å². The molecule has 2 aromatic carbocycles. The van der Waals surface area contributed by atoms with Crippen LogP contribution in [0.25, 0.3) is 11.0 Å². The number of hydrogen-bond donors (Lipinski definition) is 2. The van der Waals surface area contributed by atoms with Gasteiger partial charge in [0.15, 0.2) is 5.16 Å². The van der Waals surface area contributed by atoms with Gasteiger partial charge < -0.3 is 9.88 Å².